The minimum absolute atomic E-state index is 0.169. The zero-order chi connectivity index (χ0) is 12.0. The van der Waals surface area contributed by atoms with E-state index in [4.69, 9.17) is 0 Å². The first-order chi connectivity index (χ1) is 7.69. The molecule has 0 saturated heterocycles. The smallest absolute Gasteiger partial charge is 0.228 e. The molecule has 1 aromatic carbocycles. The highest BCUT2D eigenvalue weighted by Gasteiger charge is 2.12. The van der Waals surface area contributed by atoms with Gasteiger partial charge in [0.05, 0.1) is 0 Å². The van der Waals surface area contributed by atoms with Gasteiger partial charge in [-0.05, 0) is 38.6 Å². The molecule has 0 radical (unpaired) electrons. The maximum Gasteiger partial charge on any atom is 0.228 e. The van der Waals surface area contributed by atoms with E-state index in [9.17, 15) is 4.79 Å². The Bertz CT molecular complexity index is 350. The molecule has 0 aliphatic carbocycles. The number of aryl methyl sites for hydroxylation is 1. The number of hydrogen-bond donors (Lipinski definition) is 1. The second-order valence-electron chi connectivity index (χ2n) is 3.83. The number of amides is 1. The standard InChI is InChI=1S/C13H20N2O/c1-4-15(13(16)8-9-14-3)12-7-5-6-11(2)10-12/h5-7,10,14H,4,8-9H2,1-3H3. The normalized spacial score (nSPS) is 10.2. The monoisotopic (exact) mass is 220 g/mol. The summed E-state index contributed by atoms with van der Waals surface area (Å²) in [6.07, 6.45) is 0.540. The van der Waals surface area contributed by atoms with Gasteiger partial charge in [-0.15, -0.1) is 0 Å². The van der Waals surface area contributed by atoms with Gasteiger partial charge in [-0.1, -0.05) is 12.1 Å². The van der Waals surface area contributed by atoms with Crippen LogP contribution in [0, 0.1) is 6.92 Å². The van der Waals surface area contributed by atoms with Crippen LogP contribution in [0.1, 0.15) is 18.9 Å². The topological polar surface area (TPSA) is 32.3 Å². The summed E-state index contributed by atoms with van der Waals surface area (Å²) in [7, 11) is 1.86. The van der Waals surface area contributed by atoms with E-state index >= 15 is 0 Å². The molecule has 0 fully saturated rings. The van der Waals surface area contributed by atoms with E-state index < -0.39 is 0 Å². The van der Waals surface area contributed by atoms with Gasteiger partial charge in [0.2, 0.25) is 5.91 Å². The van der Waals surface area contributed by atoms with Crippen molar-refractivity contribution in [3.05, 3.63) is 29.8 Å². The molecule has 3 heteroatoms. The minimum atomic E-state index is 0.169. The third-order valence-electron chi connectivity index (χ3n) is 2.52. The van der Waals surface area contributed by atoms with Crippen LogP contribution in [-0.2, 0) is 4.79 Å². The fraction of sp³-hybridized carbons (Fsp3) is 0.462. The van der Waals surface area contributed by atoms with E-state index in [1.165, 1.54) is 5.56 Å². The van der Waals surface area contributed by atoms with Crippen LogP contribution in [-0.4, -0.2) is 26.0 Å². The molecule has 1 aromatic rings. The van der Waals surface area contributed by atoms with Gasteiger partial charge >= 0.3 is 0 Å². The van der Waals surface area contributed by atoms with Gasteiger partial charge in [0.1, 0.15) is 0 Å². The predicted molar refractivity (Wildman–Crippen MR) is 67.7 cm³/mol. The van der Waals surface area contributed by atoms with Gasteiger partial charge in [-0.2, -0.15) is 0 Å². The molecule has 1 amide bonds. The summed E-state index contributed by atoms with van der Waals surface area (Å²) >= 11 is 0. The second-order valence-corrected chi connectivity index (χ2v) is 3.83. The Morgan fingerprint density at radius 3 is 2.75 bits per heavy atom. The van der Waals surface area contributed by atoms with Crippen LogP contribution in [0.15, 0.2) is 24.3 Å². The molecule has 0 unspecified atom stereocenters. The van der Waals surface area contributed by atoms with Crippen LogP contribution in [0.5, 0.6) is 0 Å². The van der Waals surface area contributed by atoms with E-state index in [1.54, 1.807) is 0 Å². The Balaban J connectivity index is 2.77. The molecule has 16 heavy (non-hydrogen) atoms. The molecule has 0 atom stereocenters. The lowest BCUT2D eigenvalue weighted by Crippen LogP contribution is -2.32. The molecule has 88 valence electrons. The minimum Gasteiger partial charge on any atom is -0.319 e. The number of anilines is 1. The Kier molecular flexibility index (Phi) is 4.99. The van der Waals surface area contributed by atoms with E-state index in [1.807, 2.05) is 50.1 Å². The highest BCUT2D eigenvalue weighted by atomic mass is 16.2. The van der Waals surface area contributed by atoms with Gasteiger partial charge < -0.3 is 10.2 Å². The fourth-order valence-electron chi connectivity index (χ4n) is 1.67. The summed E-state index contributed by atoms with van der Waals surface area (Å²) in [6, 6.07) is 8.04. The highest BCUT2D eigenvalue weighted by molar-refractivity contribution is 5.93. The molecular weight excluding hydrogens is 200 g/mol. The maximum absolute atomic E-state index is 11.9. The average molecular weight is 220 g/mol. The molecule has 0 aliphatic heterocycles. The number of carbonyl (C=O) groups is 1. The summed E-state index contributed by atoms with van der Waals surface area (Å²) in [4.78, 5) is 13.8. The summed E-state index contributed by atoms with van der Waals surface area (Å²) in [5.74, 6) is 0.169. The summed E-state index contributed by atoms with van der Waals surface area (Å²) in [5, 5.41) is 2.99. The third-order valence-corrected chi connectivity index (χ3v) is 2.52. The Labute approximate surface area is 97.5 Å². The molecule has 0 aromatic heterocycles. The Hall–Kier alpha value is -1.35. The zero-order valence-electron chi connectivity index (χ0n) is 10.3. The second kappa shape index (κ2) is 6.28. The molecule has 0 heterocycles. The lowest BCUT2D eigenvalue weighted by molar-refractivity contribution is -0.118. The molecule has 1 N–H and O–H groups in total. The van der Waals surface area contributed by atoms with Crippen molar-refractivity contribution in [2.45, 2.75) is 20.3 Å². The lowest BCUT2D eigenvalue weighted by Gasteiger charge is -2.21. The van der Waals surface area contributed by atoms with E-state index in [0.717, 1.165) is 12.2 Å². The van der Waals surface area contributed by atoms with Gasteiger partial charge in [-0.25, -0.2) is 0 Å². The van der Waals surface area contributed by atoms with Crippen molar-refractivity contribution in [3.8, 4) is 0 Å². The number of hydrogen-bond acceptors (Lipinski definition) is 2. The van der Waals surface area contributed by atoms with Crippen molar-refractivity contribution in [3.63, 3.8) is 0 Å². The van der Waals surface area contributed by atoms with Crippen molar-refractivity contribution in [1.29, 1.82) is 0 Å². The van der Waals surface area contributed by atoms with E-state index in [2.05, 4.69) is 5.32 Å². The fourth-order valence-corrected chi connectivity index (χ4v) is 1.67. The Morgan fingerprint density at radius 1 is 1.44 bits per heavy atom. The summed E-state index contributed by atoms with van der Waals surface area (Å²) in [6.45, 7) is 5.47. The molecule has 0 saturated carbocycles. The van der Waals surface area contributed by atoms with Crippen LogP contribution in [0.4, 0.5) is 5.69 Å². The van der Waals surface area contributed by atoms with Crippen LogP contribution < -0.4 is 10.2 Å². The number of nitrogens with one attached hydrogen (secondary N) is 1. The van der Waals surface area contributed by atoms with Crippen molar-refractivity contribution in [2.24, 2.45) is 0 Å². The molecule has 0 aliphatic rings. The third kappa shape index (κ3) is 3.35. The van der Waals surface area contributed by atoms with Gasteiger partial charge in [0.15, 0.2) is 0 Å². The summed E-state index contributed by atoms with van der Waals surface area (Å²) in [5.41, 5.74) is 2.17. The quantitative estimate of drug-likeness (QED) is 0.822. The van der Waals surface area contributed by atoms with E-state index in [0.29, 0.717) is 13.0 Å². The molecule has 0 bridgehead atoms. The van der Waals surface area contributed by atoms with Crippen LogP contribution in [0.2, 0.25) is 0 Å². The van der Waals surface area contributed by atoms with Gasteiger partial charge in [-0.3, -0.25) is 4.79 Å². The first kappa shape index (κ1) is 12.7. The molecule has 3 nitrogen and oxygen atoms in total. The summed E-state index contributed by atoms with van der Waals surface area (Å²) < 4.78 is 0. The van der Waals surface area contributed by atoms with E-state index in [-0.39, 0.29) is 5.91 Å². The first-order valence-corrected chi connectivity index (χ1v) is 5.70. The zero-order valence-corrected chi connectivity index (χ0v) is 10.3. The molecule has 0 spiro atoms. The largest absolute Gasteiger partial charge is 0.319 e. The number of rotatable bonds is 5. The van der Waals surface area contributed by atoms with Crippen molar-refractivity contribution < 1.29 is 4.79 Å². The number of nitrogens with zero attached hydrogens (tertiary/aromatic N) is 1. The van der Waals surface area contributed by atoms with Crippen LogP contribution in [0.25, 0.3) is 0 Å². The van der Waals surface area contributed by atoms with Crippen molar-refractivity contribution in [1.82, 2.24) is 5.32 Å². The average Bonchev–Trinajstić information content (AvgIpc) is 2.27. The number of carbonyl (C=O) groups excluding carboxylic acids is 1. The highest BCUT2D eigenvalue weighted by Crippen LogP contribution is 2.16. The van der Waals surface area contributed by atoms with Gasteiger partial charge in [0, 0.05) is 25.2 Å². The lowest BCUT2D eigenvalue weighted by atomic mass is 10.2. The maximum atomic E-state index is 11.9. The molecule has 1 rings (SSSR count). The Morgan fingerprint density at radius 2 is 2.19 bits per heavy atom. The SMILES string of the molecule is CCN(C(=O)CCNC)c1cccc(C)c1. The number of benzene rings is 1. The van der Waals surface area contributed by atoms with Crippen LogP contribution >= 0.6 is 0 Å². The molecular formula is C13H20N2O. The predicted octanol–water partition coefficient (Wildman–Crippen LogP) is 1.96. The van der Waals surface area contributed by atoms with Gasteiger partial charge in [0.25, 0.3) is 0 Å². The van der Waals surface area contributed by atoms with Crippen molar-refractivity contribution >= 4 is 11.6 Å². The first-order valence-electron chi connectivity index (χ1n) is 5.70. The van der Waals surface area contributed by atoms with Crippen molar-refractivity contribution in [2.75, 3.05) is 25.0 Å². The van der Waals surface area contributed by atoms with Crippen LogP contribution in [0.3, 0.4) is 0 Å².